The summed E-state index contributed by atoms with van der Waals surface area (Å²) in [5, 5.41) is 0. The molecule has 5 nitrogen and oxygen atoms in total. The number of pyridine rings is 1. The van der Waals surface area contributed by atoms with Gasteiger partial charge in [0.2, 0.25) is 0 Å². The highest BCUT2D eigenvalue weighted by atomic mass is 79.9. The molecule has 1 amide bonds. The van der Waals surface area contributed by atoms with Gasteiger partial charge in [-0.25, -0.2) is 4.98 Å². The third-order valence-electron chi connectivity index (χ3n) is 2.77. The number of rotatable bonds is 1. The molecule has 0 atom stereocenters. The second-order valence-electron chi connectivity index (χ2n) is 4.08. The highest BCUT2D eigenvalue weighted by Crippen LogP contribution is 2.37. The summed E-state index contributed by atoms with van der Waals surface area (Å²) in [6, 6.07) is 8.79. The van der Waals surface area contributed by atoms with E-state index in [-0.39, 0.29) is 12.5 Å². The third-order valence-corrected chi connectivity index (χ3v) is 3.23. The molecule has 2 heterocycles. The Kier molecular flexibility index (Phi) is 2.87. The first-order valence-corrected chi connectivity index (χ1v) is 6.41. The third kappa shape index (κ3) is 2.15. The van der Waals surface area contributed by atoms with Gasteiger partial charge in [0.25, 0.3) is 5.91 Å². The van der Waals surface area contributed by atoms with Crippen LogP contribution in [0.1, 0.15) is 0 Å². The van der Waals surface area contributed by atoms with Crippen molar-refractivity contribution in [3.05, 3.63) is 41.0 Å². The van der Waals surface area contributed by atoms with Crippen LogP contribution in [0.15, 0.2) is 41.0 Å². The van der Waals surface area contributed by atoms with E-state index < -0.39 is 0 Å². The summed E-state index contributed by atoms with van der Waals surface area (Å²) in [6.45, 7) is -0.00530. The number of carbonyl (C=O) groups is 1. The summed E-state index contributed by atoms with van der Waals surface area (Å²) in [7, 11) is 0. The second kappa shape index (κ2) is 4.55. The number of nitrogens with zero attached hydrogens (tertiary/aromatic N) is 2. The van der Waals surface area contributed by atoms with E-state index in [1.54, 1.807) is 30.5 Å². The standard InChI is InChI=1S/C13H10BrN3O2/c14-8-1-4-12(16-6-8)17-10-5-9(15)2-3-11(10)19-7-13(17)18/h1-6H,7,15H2. The Morgan fingerprint density at radius 2 is 2.16 bits per heavy atom. The molecule has 1 aromatic carbocycles. The molecular weight excluding hydrogens is 310 g/mol. The predicted octanol–water partition coefficient (Wildman–Crippen LogP) is 2.48. The van der Waals surface area contributed by atoms with Crippen LogP contribution in [-0.2, 0) is 4.79 Å². The molecule has 0 bridgehead atoms. The number of carbonyl (C=O) groups excluding carboxylic acids is 1. The summed E-state index contributed by atoms with van der Waals surface area (Å²) in [6.07, 6.45) is 1.64. The van der Waals surface area contributed by atoms with Crippen molar-refractivity contribution in [2.75, 3.05) is 17.2 Å². The van der Waals surface area contributed by atoms with E-state index in [0.717, 1.165) is 4.47 Å². The van der Waals surface area contributed by atoms with Crippen LogP contribution < -0.4 is 15.4 Å². The van der Waals surface area contributed by atoms with Crippen molar-refractivity contribution in [1.29, 1.82) is 0 Å². The van der Waals surface area contributed by atoms with E-state index in [4.69, 9.17) is 10.5 Å². The molecule has 0 aliphatic carbocycles. The van der Waals surface area contributed by atoms with E-state index in [9.17, 15) is 4.79 Å². The smallest absolute Gasteiger partial charge is 0.270 e. The van der Waals surface area contributed by atoms with Crippen LogP contribution in [-0.4, -0.2) is 17.5 Å². The molecule has 96 valence electrons. The number of fused-ring (bicyclic) bond motifs is 1. The highest BCUT2D eigenvalue weighted by Gasteiger charge is 2.27. The SMILES string of the molecule is Nc1ccc2c(c1)N(c1ccc(Br)cn1)C(=O)CO2. The number of hydrogen-bond acceptors (Lipinski definition) is 4. The van der Waals surface area contributed by atoms with Crippen LogP contribution in [0.25, 0.3) is 0 Å². The zero-order valence-corrected chi connectivity index (χ0v) is 11.4. The van der Waals surface area contributed by atoms with Crippen LogP contribution in [0, 0.1) is 0 Å². The van der Waals surface area contributed by atoms with Gasteiger partial charge in [-0.1, -0.05) is 0 Å². The van der Waals surface area contributed by atoms with E-state index in [0.29, 0.717) is 22.9 Å². The van der Waals surface area contributed by atoms with Crippen molar-refractivity contribution in [1.82, 2.24) is 4.98 Å². The molecule has 1 aromatic heterocycles. The summed E-state index contributed by atoms with van der Waals surface area (Å²) in [5.74, 6) is 0.995. The van der Waals surface area contributed by atoms with Gasteiger partial charge in [-0.2, -0.15) is 0 Å². The molecule has 3 rings (SSSR count). The maximum atomic E-state index is 12.1. The highest BCUT2D eigenvalue weighted by molar-refractivity contribution is 9.10. The summed E-state index contributed by atoms with van der Waals surface area (Å²) >= 11 is 3.32. The first-order valence-electron chi connectivity index (χ1n) is 5.62. The average molecular weight is 320 g/mol. The van der Waals surface area contributed by atoms with Crippen LogP contribution in [0.4, 0.5) is 17.2 Å². The van der Waals surface area contributed by atoms with Gasteiger partial charge in [-0.3, -0.25) is 9.69 Å². The molecule has 0 radical (unpaired) electrons. The Hall–Kier alpha value is -2.08. The Labute approximate surface area is 118 Å². The fraction of sp³-hybridized carbons (Fsp3) is 0.0769. The molecule has 0 spiro atoms. The summed E-state index contributed by atoms with van der Waals surface area (Å²) < 4.78 is 6.23. The lowest BCUT2D eigenvalue weighted by atomic mass is 10.2. The lowest BCUT2D eigenvalue weighted by Gasteiger charge is -2.28. The second-order valence-corrected chi connectivity index (χ2v) is 5.00. The molecule has 19 heavy (non-hydrogen) atoms. The van der Waals surface area contributed by atoms with Gasteiger partial charge in [0.05, 0.1) is 5.69 Å². The van der Waals surface area contributed by atoms with Gasteiger partial charge in [0.15, 0.2) is 6.61 Å². The molecule has 2 aromatic rings. The number of anilines is 3. The minimum atomic E-state index is -0.173. The molecule has 6 heteroatoms. The Bertz CT molecular complexity index is 643. The van der Waals surface area contributed by atoms with Crippen molar-refractivity contribution in [3.8, 4) is 5.75 Å². The molecule has 0 fully saturated rings. The number of benzene rings is 1. The van der Waals surface area contributed by atoms with Crippen molar-refractivity contribution in [2.45, 2.75) is 0 Å². The van der Waals surface area contributed by atoms with Crippen molar-refractivity contribution >= 4 is 39.0 Å². The molecular formula is C13H10BrN3O2. The predicted molar refractivity (Wildman–Crippen MR) is 75.4 cm³/mol. The van der Waals surface area contributed by atoms with Gasteiger partial charge >= 0.3 is 0 Å². The first-order chi connectivity index (χ1) is 9.15. The van der Waals surface area contributed by atoms with E-state index >= 15 is 0 Å². The van der Waals surface area contributed by atoms with E-state index in [1.807, 2.05) is 6.07 Å². The Morgan fingerprint density at radius 3 is 2.89 bits per heavy atom. The maximum absolute atomic E-state index is 12.1. The van der Waals surface area contributed by atoms with Crippen LogP contribution >= 0.6 is 15.9 Å². The van der Waals surface area contributed by atoms with Gasteiger partial charge < -0.3 is 10.5 Å². The number of aromatic nitrogens is 1. The normalized spacial score (nSPS) is 13.9. The Balaban J connectivity index is 2.12. The first kappa shape index (κ1) is 12.0. The average Bonchev–Trinajstić information content (AvgIpc) is 2.40. The number of nitrogen functional groups attached to an aromatic ring is 1. The lowest BCUT2D eigenvalue weighted by Crippen LogP contribution is -2.35. The summed E-state index contributed by atoms with van der Waals surface area (Å²) in [5.41, 5.74) is 6.96. The van der Waals surface area contributed by atoms with E-state index in [2.05, 4.69) is 20.9 Å². The molecule has 0 unspecified atom stereocenters. The van der Waals surface area contributed by atoms with Crippen LogP contribution in [0.3, 0.4) is 0 Å². The zero-order valence-electron chi connectivity index (χ0n) is 9.84. The van der Waals surface area contributed by atoms with Crippen molar-refractivity contribution < 1.29 is 9.53 Å². The van der Waals surface area contributed by atoms with E-state index in [1.165, 1.54) is 4.90 Å². The molecule has 0 saturated carbocycles. The number of hydrogen-bond donors (Lipinski definition) is 1. The number of ether oxygens (including phenoxy) is 1. The van der Waals surface area contributed by atoms with Crippen molar-refractivity contribution in [3.63, 3.8) is 0 Å². The van der Waals surface area contributed by atoms with Gasteiger partial charge in [0, 0.05) is 16.4 Å². The quantitative estimate of drug-likeness (QED) is 0.820. The number of amides is 1. The molecule has 2 N–H and O–H groups in total. The molecule has 0 saturated heterocycles. The minimum absolute atomic E-state index is 0.00530. The topological polar surface area (TPSA) is 68.5 Å². The lowest BCUT2D eigenvalue weighted by molar-refractivity contribution is -0.120. The molecule has 1 aliphatic rings. The fourth-order valence-electron chi connectivity index (χ4n) is 1.92. The van der Waals surface area contributed by atoms with Crippen LogP contribution in [0.5, 0.6) is 5.75 Å². The maximum Gasteiger partial charge on any atom is 0.270 e. The largest absolute Gasteiger partial charge is 0.482 e. The fourth-order valence-corrected chi connectivity index (χ4v) is 2.16. The number of halogens is 1. The summed E-state index contributed by atoms with van der Waals surface area (Å²) in [4.78, 5) is 17.8. The van der Waals surface area contributed by atoms with Crippen LogP contribution in [0.2, 0.25) is 0 Å². The number of nitrogens with two attached hydrogens (primary N) is 1. The van der Waals surface area contributed by atoms with Gasteiger partial charge in [0.1, 0.15) is 11.6 Å². The Morgan fingerprint density at radius 1 is 1.32 bits per heavy atom. The van der Waals surface area contributed by atoms with Gasteiger partial charge in [-0.15, -0.1) is 0 Å². The monoisotopic (exact) mass is 319 g/mol. The van der Waals surface area contributed by atoms with Crippen molar-refractivity contribution in [2.24, 2.45) is 0 Å². The molecule has 1 aliphatic heterocycles. The minimum Gasteiger partial charge on any atom is -0.482 e. The zero-order chi connectivity index (χ0) is 13.4. The van der Waals surface area contributed by atoms with Gasteiger partial charge in [-0.05, 0) is 46.3 Å².